The second-order valence-electron chi connectivity index (χ2n) is 9.70. The molecule has 8 heteroatoms. The van der Waals surface area contributed by atoms with Gasteiger partial charge in [-0.25, -0.2) is 4.79 Å². The first-order valence-corrected chi connectivity index (χ1v) is 12.3. The molecule has 1 saturated carbocycles. The maximum Gasteiger partial charge on any atom is 0.407 e. The maximum absolute atomic E-state index is 13.2. The summed E-state index contributed by atoms with van der Waals surface area (Å²) in [5, 5.41) is 11.8. The van der Waals surface area contributed by atoms with E-state index in [2.05, 4.69) is 29.6 Å². The van der Waals surface area contributed by atoms with Gasteiger partial charge in [-0.2, -0.15) is 0 Å². The van der Waals surface area contributed by atoms with E-state index in [4.69, 9.17) is 9.84 Å². The Morgan fingerprint density at radius 3 is 2.11 bits per heavy atom. The minimum absolute atomic E-state index is 0.0223. The standard InChI is InChI=1S/C27H31N3O5/c31-25(32)16-29-11-13-30(14-12-29)26(33)24(15-18-9-10-18)28-27(34)35-17-23-21-7-3-1-5-19(21)20-6-2-4-8-22(20)23/h1-8,18,23-24H,9-17H2,(H,28,34)(H,31,32). The molecule has 5 rings (SSSR count). The Labute approximate surface area is 204 Å². The van der Waals surface area contributed by atoms with Gasteiger partial charge in [-0.3, -0.25) is 14.5 Å². The molecule has 1 unspecified atom stereocenters. The van der Waals surface area contributed by atoms with Gasteiger partial charge in [-0.15, -0.1) is 0 Å². The SMILES string of the molecule is O=C(O)CN1CCN(C(=O)C(CC2CC2)NC(=O)OCC2c3ccccc3-c3ccccc32)CC1. The lowest BCUT2D eigenvalue weighted by atomic mass is 9.98. The second kappa shape index (κ2) is 10.1. The Hall–Kier alpha value is -3.39. The lowest BCUT2D eigenvalue weighted by Gasteiger charge is -2.35. The molecule has 2 fully saturated rings. The summed E-state index contributed by atoms with van der Waals surface area (Å²) in [6.07, 6.45) is 2.18. The molecule has 1 saturated heterocycles. The van der Waals surface area contributed by atoms with Crippen molar-refractivity contribution in [1.82, 2.24) is 15.1 Å². The fraction of sp³-hybridized carbons (Fsp3) is 0.444. The van der Waals surface area contributed by atoms with Crippen LogP contribution < -0.4 is 5.32 Å². The number of fused-ring (bicyclic) bond motifs is 3. The molecule has 2 amide bonds. The Bertz CT molecular complexity index is 1060. The zero-order valence-corrected chi connectivity index (χ0v) is 19.7. The molecule has 0 spiro atoms. The molecule has 1 aliphatic heterocycles. The third-order valence-corrected chi connectivity index (χ3v) is 7.24. The smallest absolute Gasteiger partial charge is 0.407 e. The van der Waals surface area contributed by atoms with E-state index in [0.717, 1.165) is 24.0 Å². The summed E-state index contributed by atoms with van der Waals surface area (Å²) in [5.41, 5.74) is 4.62. The third kappa shape index (κ3) is 5.32. The molecule has 0 aromatic heterocycles. The average Bonchev–Trinajstić information content (AvgIpc) is 3.62. The third-order valence-electron chi connectivity index (χ3n) is 7.24. The van der Waals surface area contributed by atoms with Crippen LogP contribution in [0.15, 0.2) is 48.5 Å². The molecule has 2 aromatic rings. The van der Waals surface area contributed by atoms with E-state index in [1.54, 1.807) is 4.90 Å². The summed E-state index contributed by atoms with van der Waals surface area (Å²) in [5.74, 6) is -0.562. The summed E-state index contributed by atoms with van der Waals surface area (Å²) < 4.78 is 5.68. The minimum atomic E-state index is -0.867. The maximum atomic E-state index is 13.2. The first-order chi connectivity index (χ1) is 17.0. The van der Waals surface area contributed by atoms with E-state index in [-0.39, 0.29) is 25.0 Å². The molecule has 0 bridgehead atoms. The Kier molecular flexibility index (Phi) is 6.72. The highest BCUT2D eigenvalue weighted by Gasteiger charge is 2.35. The van der Waals surface area contributed by atoms with Crippen molar-refractivity contribution in [3.8, 4) is 11.1 Å². The quantitative estimate of drug-likeness (QED) is 0.607. The van der Waals surface area contributed by atoms with Crippen LogP contribution in [0.2, 0.25) is 0 Å². The van der Waals surface area contributed by atoms with Gasteiger partial charge in [0.1, 0.15) is 12.6 Å². The summed E-state index contributed by atoms with van der Waals surface area (Å²) in [7, 11) is 0. The number of amides is 2. The lowest BCUT2D eigenvalue weighted by Crippen LogP contribution is -2.55. The number of ether oxygens (including phenoxy) is 1. The molecule has 3 aliphatic rings. The van der Waals surface area contributed by atoms with Crippen LogP contribution in [-0.2, 0) is 14.3 Å². The van der Waals surface area contributed by atoms with Gasteiger partial charge >= 0.3 is 12.1 Å². The first-order valence-electron chi connectivity index (χ1n) is 12.3. The molecular weight excluding hydrogens is 446 g/mol. The number of aliphatic carboxylic acids is 1. The van der Waals surface area contributed by atoms with Gasteiger partial charge in [0.25, 0.3) is 0 Å². The molecule has 1 atom stereocenters. The zero-order chi connectivity index (χ0) is 24.4. The number of rotatable bonds is 8. The van der Waals surface area contributed by atoms with E-state index in [1.807, 2.05) is 29.2 Å². The van der Waals surface area contributed by atoms with Gasteiger partial charge in [0.2, 0.25) is 5.91 Å². The van der Waals surface area contributed by atoms with Crippen LogP contribution in [0.25, 0.3) is 11.1 Å². The fourth-order valence-corrected chi connectivity index (χ4v) is 5.23. The monoisotopic (exact) mass is 477 g/mol. The summed E-state index contributed by atoms with van der Waals surface area (Å²) in [6, 6.07) is 15.7. The Morgan fingerprint density at radius 2 is 1.54 bits per heavy atom. The highest BCUT2D eigenvalue weighted by Crippen LogP contribution is 2.44. The van der Waals surface area contributed by atoms with Crippen molar-refractivity contribution >= 4 is 18.0 Å². The molecule has 2 aliphatic carbocycles. The van der Waals surface area contributed by atoms with Crippen molar-refractivity contribution in [1.29, 1.82) is 0 Å². The van der Waals surface area contributed by atoms with Crippen LogP contribution in [0.1, 0.15) is 36.3 Å². The first kappa shape index (κ1) is 23.4. The van der Waals surface area contributed by atoms with Gasteiger partial charge in [-0.1, -0.05) is 61.4 Å². The van der Waals surface area contributed by atoms with E-state index in [0.29, 0.717) is 38.5 Å². The number of carboxylic acid groups (broad SMARTS) is 1. The lowest BCUT2D eigenvalue weighted by molar-refractivity contribution is -0.140. The molecule has 1 heterocycles. The summed E-state index contributed by atoms with van der Waals surface area (Å²) in [4.78, 5) is 40.6. The van der Waals surface area contributed by atoms with Crippen molar-refractivity contribution in [3.63, 3.8) is 0 Å². The topological polar surface area (TPSA) is 99.2 Å². The predicted octanol–water partition coefficient (Wildman–Crippen LogP) is 2.92. The highest BCUT2D eigenvalue weighted by molar-refractivity contribution is 5.86. The number of hydrogen-bond acceptors (Lipinski definition) is 5. The number of alkyl carbamates (subject to hydrolysis) is 1. The number of carbonyl (C=O) groups excluding carboxylic acids is 2. The molecule has 35 heavy (non-hydrogen) atoms. The van der Waals surface area contributed by atoms with Crippen LogP contribution in [0, 0.1) is 5.92 Å². The van der Waals surface area contributed by atoms with Crippen LogP contribution in [0.5, 0.6) is 0 Å². The number of carbonyl (C=O) groups is 3. The number of nitrogens with one attached hydrogen (secondary N) is 1. The van der Waals surface area contributed by atoms with E-state index in [1.165, 1.54) is 11.1 Å². The van der Waals surface area contributed by atoms with Crippen LogP contribution >= 0.6 is 0 Å². The van der Waals surface area contributed by atoms with Crippen molar-refractivity contribution in [2.24, 2.45) is 5.92 Å². The average molecular weight is 478 g/mol. The Balaban J connectivity index is 1.20. The van der Waals surface area contributed by atoms with E-state index >= 15 is 0 Å². The van der Waals surface area contributed by atoms with Crippen molar-refractivity contribution < 1.29 is 24.2 Å². The molecule has 2 aromatic carbocycles. The summed E-state index contributed by atoms with van der Waals surface area (Å²) in [6.45, 7) is 2.13. The van der Waals surface area contributed by atoms with Crippen molar-refractivity contribution in [2.45, 2.75) is 31.2 Å². The fourth-order valence-electron chi connectivity index (χ4n) is 5.23. The molecular formula is C27H31N3O5. The summed E-state index contributed by atoms with van der Waals surface area (Å²) >= 11 is 0. The molecule has 8 nitrogen and oxygen atoms in total. The zero-order valence-electron chi connectivity index (χ0n) is 19.7. The van der Waals surface area contributed by atoms with Crippen molar-refractivity contribution in [2.75, 3.05) is 39.3 Å². The number of hydrogen-bond donors (Lipinski definition) is 2. The van der Waals surface area contributed by atoms with Crippen LogP contribution in [0.3, 0.4) is 0 Å². The molecule has 184 valence electrons. The Morgan fingerprint density at radius 1 is 0.943 bits per heavy atom. The number of nitrogens with zero attached hydrogens (tertiary/aromatic N) is 2. The predicted molar refractivity (Wildman–Crippen MR) is 130 cm³/mol. The van der Waals surface area contributed by atoms with Gasteiger partial charge in [0.05, 0.1) is 6.54 Å². The van der Waals surface area contributed by atoms with E-state index in [9.17, 15) is 14.4 Å². The number of piperazine rings is 1. The van der Waals surface area contributed by atoms with Gasteiger partial charge < -0.3 is 20.1 Å². The van der Waals surface area contributed by atoms with Gasteiger partial charge in [0, 0.05) is 32.1 Å². The minimum Gasteiger partial charge on any atom is -0.480 e. The van der Waals surface area contributed by atoms with Crippen LogP contribution in [0.4, 0.5) is 4.79 Å². The number of carboxylic acids is 1. The number of benzene rings is 2. The molecule has 0 radical (unpaired) electrons. The van der Waals surface area contributed by atoms with Gasteiger partial charge in [0.15, 0.2) is 0 Å². The molecule has 2 N–H and O–H groups in total. The normalized spacial score (nSPS) is 18.5. The van der Waals surface area contributed by atoms with Crippen molar-refractivity contribution in [3.05, 3.63) is 59.7 Å². The van der Waals surface area contributed by atoms with Crippen LogP contribution in [-0.4, -0.2) is 78.2 Å². The largest absolute Gasteiger partial charge is 0.480 e. The van der Waals surface area contributed by atoms with E-state index < -0.39 is 18.1 Å². The second-order valence-corrected chi connectivity index (χ2v) is 9.70. The highest BCUT2D eigenvalue weighted by atomic mass is 16.5. The van der Waals surface area contributed by atoms with Gasteiger partial charge in [-0.05, 0) is 34.6 Å².